The van der Waals surface area contributed by atoms with Crippen molar-refractivity contribution in [3.8, 4) is 0 Å². The van der Waals surface area contributed by atoms with E-state index in [0.29, 0.717) is 12.3 Å². The van der Waals surface area contributed by atoms with E-state index in [1.54, 1.807) is 0 Å². The van der Waals surface area contributed by atoms with E-state index in [0.717, 1.165) is 77.0 Å². The average molecular weight is 423 g/mol. The standard InChI is InChI=1S/C26H46O4/c1-4-7-14-21(5-2)19-26(6-3,25(28)30-23-17-12-9-13-18-23)20-24(27)29-22-15-10-8-11-16-22/h21-23H,4-20H2,1-3H3. The Labute approximate surface area is 184 Å². The quantitative estimate of drug-likeness (QED) is 0.314. The maximum absolute atomic E-state index is 13.5. The molecule has 2 aliphatic carbocycles. The fourth-order valence-electron chi connectivity index (χ4n) is 5.28. The molecule has 4 heteroatoms. The third kappa shape index (κ3) is 7.89. The largest absolute Gasteiger partial charge is 0.462 e. The number of esters is 2. The van der Waals surface area contributed by atoms with E-state index in [1.807, 2.05) is 6.92 Å². The smallest absolute Gasteiger partial charge is 0.312 e. The summed E-state index contributed by atoms with van der Waals surface area (Å²) in [6, 6.07) is 0. The monoisotopic (exact) mass is 422 g/mol. The Bertz CT molecular complexity index is 505. The van der Waals surface area contributed by atoms with E-state index in [9.17, 15) is 9.59 Å². The normalized spacial score (nSPS) is 21.6. The lowest BCUT2D eigenvalue weighted by molar-refractivity contribution is -0.172. The van der Waals surface area contributed by atoms with Crippen molar-refractivity contribution in [2.45, 2.75) is 142 Å². The van der Waals surface area contributed by atoms with Gasteiger partial charge in [0, 0.05) is 0 Å². The molecular weight excluding hydrogens is 376 g/mol. The molecule has 2 rings (SSSR count). The SMILES string of the molecule is CCCCC(CC)CC(CC)(CC(=O)OC1CCCCC1)C(=O)OC1CCCCC1. The molecule has 0 saturated heterocycles. The summed E-state index contributed by atoms with van der Waals surface area (Å²) >= 11 is 0. The summed E-state index contributed by atoms with van der Waals surface area (Å²) in [4.78, 5) is 26.4. The second kappa shape index (κ2) is 13.4. The van der Waals surface area contributed by atoms with Gasteiger partial charge in [-0.1, -0.05) is 59.3 Å². The molecule has 0 amide bonds. The molecule has 2 unspecified atom stereocenters. The maximum Gasteiger partial charge on any atom is 0.312 e. The molecule has 0 heterocycles. The van der Waals surface area contributed by atoms with E-state index in [2.05, 4.69) is 13.8 Å². The van der Waals surface area contributed by atoms with Crippen molar-refractivity contribution in [2.24, 2.45) is 11.3 Å². The number of hydrogen-bond acceptors (Lipinski definition) is 4. The molecule has 0 bridgehead atoms. The van der Waals surface area contributed by atoms with Crippen molar-refractivity contribution >= 4 is 11.9 Å². The molecule has 0 aromatic carbocycles. The van der Waals surface area contributed by atoms with Crippen LogP contribution in [-0.2, 0) is 19.1 Å². The van der Waals surface area contributed by atoms with Gasteiger partial charge in [-0.15, -0.1) is 0 Å². The number of unbranched alkanes of at least 4 members (excludes halogenated alkanes) is 1. The van der Waals surface area contributed by atoms with Crippen LogP contribution < -0.4 is 0 Å². The number of carbonyl (C=O) groups excluding carboxylic acids is 2. The molecular formula is C26H46O4. The van der Waals surface area contributed by atoms with Crippen LogP contribution >= 0.6 is 0 Å². The van der Waals surface area contributed by atoms with Gasteiger partial charge < -0.3 is 9.47 Å². The van der Waals surface area contributed by atoms with Gasteiger partial charge in [-0.05, 0) is 70.1 Å². The predicted molar refractivity (Wildman–Crippen MR) is 121 cm³/mol. The molecule has 30 heavy (non-hydrogen) atoms. The highest BCUT2D eigenvalue weighted by Gasteiger charge is 2.43. The molecule has 174 valence electrons. The first-order valence-corrected chi connectivity index (χ1v) is 12.9. The fraction of sp³-hybridized carbons (Fsp3) is 0.923. The van der Waals surface area contributed by atoms with Crippen LogP contribution in [0.15, 0.2) is 0 Å². The summed E-state index contributed by atoms with van der Waals surface area (Å²) in [5.74, 6) is 0.105. The first-order valence-electron chi connectivity index (χ1n) is 12.9. The lowest BCUT2D eigenvalue weighted by Crippen LogP contribution is -2.40. The Morgan fingerprint density at radius 2 is 1.43 bits per heavy atom. The highest BCUT2D eigenvalue weighted by molar-refractivity contribution is 5.83. The van der Waals surface area contributed by atoms with Crippen LogP contribution in [0.1, 0.15) is 130 Å². The first kappa shape index (κ1) is 25.2. The van der Waals surface area contributed by atoms with Gasteiger partial charge in [0.15, 0.2) is 0 Å². The van der Waals surface area contributed by atoms with Gasteiger partial charge >= 0.3 is 11.9 Å². The van der Waals surface area contributed by atoms with Gasteiger partial charge in [0.25, 0.3) is 0 Å². The fourth-order valence-corrected chi connectivity index (χ4v) is 5.28. The van der Waals surface area contributed by atoms with Crippen molar-refractivity contribution in [2.75, 3.05) is 0 Å². The van der Waals surface area contributed by atoms with Gasteiger partial charge in [-0.25, -0.2) is 0 Å². The van der Waals surface area contributed by atoms with Crippen LogP contribution in [-0.4, -0.2) is 24.1 Å². The summed E-state index contributed by atoms with van der Waals surface area (Å²) in [7, 11) is 0. The van der Waals surface area contributed by atoms with Crippen LogP contribution in [0.5, 0.6) is 0 Å². The third-order valence-corrected chi connectivity index (χ3v) is 7.49. The minimum Gasteiger partial charge on any atom is -0.462 e. The topological polar surface area (TPSA) is 52.6 Å². The lowest BCUT2D eigenvalue weighted by atomic mass is 9.72. The summed E-state index contributed by atoms with van der Waals surface area (Å²) in [5.41, 5.74) is -0.738. The van der Waals surface area contributed by atoms with Gasteiger partial charge in [-0.3, -0.25) is 9.59 Å². The molecule has 0 aromatic rings. The van der Waals surface area contributed by atoms with Crippen molar-refractivity contribution in [1.29, 1.82) is 0 Å². The molecule has 0 radical (unpaired) electrons. The lowest BCUT2D eigenvalue weighted by Gasteiger charge is -2.35. The van der Waals surface area contributed by atoms with Crippen molar-refractivity contribution in [3.63, 3.8) is 0 Å². The molecule has 2 atom stereocenters. The Kier molecular flexibility index (Phi) is 11.2. The number of hydrogen-bond donors (Lipinski definition) is 0. The minimum atomic E-state index is -0.738. The molecule has 2 aliphatic rings. The van der Waals surface area contributed by atoms with Crippen LogP contribution in [0.25, 0.3) is 0 Å². The van der Waals surface area contributed by atoms with Crippen molar-refractivity contribution < 1.29 is 19.1 Å². The minimum absolute atomic E-state index is 0.0299. The number of carbonyl (C=O) groups is 2. The number of rotatable bonds is 12. The van der Waals surface area contributed by atoms with E-state index in [-0.39, 0.29) is 30.6 Å². The molecule has 4 nitrogen and oxygen atoms in total. The van der Waals surface area contributed by atoms with Crippen LogP contribution in [0, 0.1) is 11.3 Å². The van der Waals surface area contributed by atoms with Gasteiger partial charge in [-0.2, -0.15) is 0 Å². The predicted octanol–water partition coefficient (Wildman–Crippen LogP) is 7.13. The summed E-state index contributed by atoms with van der Waals surface area (Å²) < 4.78 is 11.9. The zero-order valence-electron chi connectivity index (χ0n) is 19.9. The first-order chi connectivity index (χ1) is 14.5. The van der Waals surface area contributed by atoms with Crippen LogP contribution in [0.3, 0.4) is 0 Å². The van der Waals surface area contributed by atoms with Crippen molar-refractivity contribution in [1.82, 2.24) is 0 Å². The molecule has 2 fully saturated rings. The molecule has 0 N–H and O–H groups in total. The zero-order valence-corrected chi connectivity index (χ0v) is 19.9. The Balaban J connectivity index is 2.10. The zero-order chi connectivity index (χ0) is 21.8. The Morgan fingerprint density at radius 1 is 0.867 bits per heavy atom. The molecule has 0 aromatic heterocycles. The summed E-state index contributed by atoms with van der Waals surface area (Å²) in [6.07, 6.45) is 17.0. The Morgan fingerprint density at radius 3 is 1.93 bits per heavy atom. The van der Waals surface area contributed by atoms with Crippen LogP contribution in [0.4, 0.5) is 0 Å². The van der Waals surface area contributed by atoms with Gasteiger partial charge in [0.2, 0.25) is 0 Å². The van der Waals surface area contributed by atoms with E-state index in [4.69, 9.17) is 9.47 Å². The van der Waals surface area contributed by atoms with Gasteiger partial charge in [0.05, 0.1) is 11.8 Å². The third-order valence-electron chi connectivity index (χ3n) is 7.49. The van der Waals surface area contributed by atoms with Crippen LogP contribution in [0.2, 0.25) is 0 Å². The average Bonchev–Trinajstić information content (AvgIpc) is 2.77. The van der Waals surface area contributed by atoms with E-state index in [1.165, 1.54) is 19.3 Å². The molecule has 0 aliphatic heterocycles. The second-order valence-corrected chi connectivity index (χ2v) is 9.85. The van der Waals surface area contributed by atoms with Crippen molar-refractivity contribution in [3.05, 3.63) is 0 Å². The maximum atomic E-state index is 13.5. The number of ether oxygens (including phenoxy) is 2. The van der Waals surface area contributed by atoms with E-state index < -0.39 is 5.41 Å². The molecule has 0 spiro atoms. The highest BCUT2D eigenvalue weighted by Crippen LogP contribution is 2.40. The second-order valence-electron chi connectivity index (χ2n) is 9.85. The molecule has 2 saturated carbocycles. The van der Waals surface area contributed by atoms with Gasteiger partial charge in [0.1, 0.15) is 12.2 Å². The highest BCUT2D eigenvalue weighted by atomic mass is 16.6. The van der Waals surface area contributed by atoms with E-state index >= 15 is 0 Å². The Hall–Kier alpha value is -1.06. The summed E-state index contributed by atoms with van der Waals surface area (Å²) in [6.45, 7) is 6.45. The summed E-state index contributed by atoms with van der Waals surface area (Å²) in [5, 5.41) is 0.